The molecule has 1 heterocycles. The van der Waals surface area contributed by atoms with Crippen LogP contribution in [0.3, 0.4) is 0 Å². The maximum atomic E-state index is 13.5. The van der Waals surface area contributed by atoms with Crippen LogP contribution in [-0.4, -0.2) is 22.9 Å². The van der Waals surface area contributed by atoms with Crippen LogP contribution in [0.4, 0.5) is 4.39 Å². The first-order valence-corrected chi connectivity index (χ1v) is 11.0. The molecule has 0 aromatic heterocycles. The summed E-state index contributed by atoms with van der Waals surface area (Å²) in [4.78, 5) is 4.87. The second-order valence-electron chi connectivity index (χ2n) is 7.85. The van der Waals surface area contributed by atoms with Gasteiger partial charge in [0.05, 0.1) is 6.17 Å². The number of halogens is 3. The Balaban J connectivity index is 1.69. The van der Waals surface area contributed by atoms with E-state index in [1.54, 1.807) is 6.07 Å². The molecule has 1 aliphatic heterocycles. The van der Waals surface area contributed by atoms with Gasteiger partial charge in [0.25, 0.3) is 0 Å². The van der Waals surface area contributed by atoms with Gasteiger partial charge in [-0.05, 0) is 48.2 Å². The van der Waals surface area contributed by atoms with E-state index in [-0.39, 0.29) is 12.0 Å². The van der Waals surface area contributed by atoms with Gasteiger partial charge < -0.3 is 0 Å². The molecule has 2 nitrogen and oxygen atoms in total. The Kier molecular flexibility index (Phi) is 6.74. The van der Waals surface area contributed by atoms with Gasteiger partial charge in [-0.25, -0.2) is 4.39 Å². The van der Waals surface area contributed by atoms with Crippen LogP contribution in [0.25, 0.3) is 0 Å². The van der Waals surface area contributed by atoms with E-state index in [9.17, 15) is 4.39 Å². The summed E-state index contributed by atoms with van der Waals surface area (Å²) in [6.45, 7) is 5.54. The molecule has 1 atom stereocenters. The van der Waals surface area contributed by atoms with Gasteiger partial charge in [-0.15, -0.1) is 0 Å². The first-order valence-electron chi connectivity index (χ1n) is 10.2. The molecule has 0 unspecified atom stereocenters. The highest BCUT2D eigenvalue weighted by molar-refractivity contribution is 6.31. The summed E-state index contributed by atoms with van der Waals surface area (Å²) >= 11 is 13.0. The van der Waals surface area contributed by atoms with Crippen molar-refractivity contribution in [1.82, 2.24) is 9.80 Å². The van der Waals surface area contributed by atoms with Crippen molar-refractivity contribution in [3.8, 4) is 0 Å². The summed E-state index contributed by atoms with van der Waals surface area (Å²) in [5.74, 6) is -0.314. The fraction of sp³-hybridized carbons (Fsp3) is 0.280. The second kappa shape index (κ2) is 9.49. The van der Waals surface area contributed by atoms with Gasteiger partial charge in [0, 0.05) is 41.8 Å². The molecule has 3 aromatic rings. The molecule has 30 heavy (non-hydrogen) atoms. The van der Waals surface area contributed by atoms with E-state index in [0.29, 0.717) is 11.6 Å². The quantitative estimate of drug-likeness (QED) is 0.426. The lowest BCUT2D eigenvalue weighted by molar-refractivity contribution is -0.00912. The fourth-order valence-corrected chi connectivity index (χ4v) is 4.70. The zero-order valence-corrected chi connectivity index (χ0v) is 18.5. The van der Waals surface area contributed by atoms with E-state index < -0.39 is 0 Å². The number of nitrogens with zero attached hydrogens (tertiary/aromatic N) is 2. The molecule has 1 fully saturated rings. The maximum Gasteiger partial charge on any atom is 0.124 e. The minimum absolute atomic E-state index is 0.0215. The van der Waals surface area contributed by atoms with Gasteiger partial charge in [-0.2, -0.15) is 0 Å². The Morgan fingerprint density at radius 1 is 0.833 bits per heavy atom. The highest BCUT2D eigenvalue weighted by atomic mass is 35.5. The molecule has 3 aromatic carbocycles. The van der Waals surface area contributed by atoms with Crippen molar-refractivity contribution in [2.45, 2.75) is 32.6 Å². The molecule has 0 amide bonds. The van der Waals surface area contributed by atoms with Crippen molar-refractivity contribution >= 4 is 23.2 Å². The van der Waals surface area contributed by atoms with Crippen LogP contribution < -0.4 is 0 Å². The summed E-state index contributed by atoms with van der Waals surface area (Å²) in [6, 6.07) is 21.2. The molecule has 0 radical (unpaired) electrons. The number of hydrogen-bond donors (Lipinski definition) is 0. The van der Waals surface area contributed by atoms with Gasteiger partial charge in [0.2, 0.25) is 0 Å². The predicted molar refractivity (Wildman–Crippen MR) is 122 cm³/mol. The number of hydrogen-bond acceptors (Lipinski definition) is 2. The van der Waals surface area contributed by atoms with Crippen molar-refractivity contribution in [3.05, 3.63) is 105 Å². The minimum atomic E-state index is -0.314. The smallest absolute Gasteiger partial charge is 0.124 e. The number of benzene rings is 3. The van der Waals surface area contributed by atoms with Crippen molar-refractivity contribution in [2.75, 3.05) is 13.1 Å². The Bertz CT molecular complexity index is 1020. The zero-order chi connectivity index (χ0) is 21.1. The second-order valence-corrected chi connectivity index (χ2v) is 8.67. The maximum absolute atomic E-state index is 13.5. The normalized spacial score (nSPS) is 17.9. The summed E-state index contributed by atoms with van der Waals surface area (Å²) in [7, 11) is 0. The lowest BCUT2D eigenvalue weighted by Gasteiger charge is -2.45. The summed E-state index contributed by atoms with van der Waals surface area (Å²) in [5, 5.41) is 1.22. The molecule has 0 spiro atoms. The standard InChI is InChI=1S/C25H25Cl2FN2/c1-18-7-2-3-8-19(18)16-29-13-6-14-30(17-20-11-12-21(28)15-24(20)27)25(29)22-9-4-5-10-23(22)26/h2-5,7-12,15,25H,6,13-14,16-17H2,1H3/t25-/m0/s1. The molecule has 4 rings (SSSR count). The van der Waals surface area contributed by atoms with Gasteiger partial charge in [0.1, 0.15) is 5.82 Å². The lowest BCUT2D eigenvalue weighted by atomic mass is 10.0. The number of aryl methyl sites for hydroxylation is 1. The zero-order valence-electron chi connectivity index (χ0n) is 17.0. The fourth-order valence-electron chi connectivity index (χ4n) is 4.24. The molecule has 0 bridgehead atoms. The molecule has 0 N–H and O–H groups in total. The van der Waals surface area contributed by atoms with Crippen LogP contribution in [0.5, 0.6) is 0 Å². The molecule has 0 aliphatic carbocycles. The molecular formula is C25H25Cl2FN2. The first kappa shape index (κ1) is 21.3. The van der Waals surface area contributed by atoms with E-state index in [0.717, 1.165) is 42.2 Å². The summed E-state index contributed by atoms with van der Waals surface area (Å²) in [6.07, 6.45) is 1.07. The third-order valence-electron chi connectivity index (χ3n) is 5.79. The van der Waals surface area contributed by atoms with Crippen LogP contribution in [0.15, 0.2) is 66.7 Å². The van der Waals surface area contributed by atoms with E-state index in [4.69, 9.17) is 23.2 Å². The van der Waals surface area contributed by atoms with E-state index >= 15 is 0 Å². The van der Waals surface area contributed by atoms with E-state index in [1.807, 2.05) is 18.2 Å². The van der Waals surface area contributed by atoms with Crippen molar-refractivity contribution in [3.63, 3.8) is 0 Å². The summed E-state index contributed by atoms with van der Waals surface area (Å²) < 4.78 is 13.5. The Morgan fingerprint density at radius 2 is 1.50 bits per heavy atom. The molecule has 0 saturated carbocycles. The average molecular weight is 443 g/mol. The lowest BCUT2D eigenvalue weighted by Crippen LogP contribution is -2.47. The van der Waals surface area contributed by atoms with Crippen LogP contribution in [-0.2, 0) is 13.1 Å². The Hall–Kier alpha value is -1.91. The topological polar surface area (TPSA) is 6.48 Å². The first-order chi connectivity index (χ1) is 14.5. The Morgan fingerprint density at radius 3 is 2.20 bits per heavy atom. The molecule has 156 valence electrons. The molecular weight excluding hydrogens is 418 g/mol. The van der Waals surface area contributed by atoms with Crippen LogP contribution in [0, 0.1) is 12.7 Å². The van der Waals surface area contributed by atoms with E-state index in [2.05, 4.69) is 47.1 Å². The minimum Gasteiger partial charge on any atom is -0.280 e. The van der Waals surface area contributed by atoms with Crippen LogP contribution in [0.1, 0.15) is 34.8 Å². The molecule has 1 saturated heterocycles. The third-order valence-corrected chi connectivity index (χ3v) is 6.49. The van der Waals surface area contributed by atoms with Crippen molar-refractivity contribution in [1.29, 1.82) is 0 Å². The number of rotatable bonds is 5. The third kappa shape index (κ3) is 4.70. The van der Waals surface area contributed by atoms with Gasteiger partial charge in [-0.3, -0.25) is 9.80 Å². The molecule has 1 aliphatic rings. The molecule has 5 heteroatoms. The monoisotopic (exact) mass is 442 g/mol. The Labute approximate surface area is 187 Å². The highest BCUT2D eigenvalue weighted by Gasteiger charge is 2.32. The largest absolute Gasteiger partial charge is 0.280 e. The van der Waals surface area contributed by atoms with Gasteiger partial charge in [-0.1, -0.05) is 71.7 Å². The highest BCUT2D eigenvalue weighted by Crippen LogP contribution is 2.36. The van der Waals surface area contributed by atoms with Crippen LogP contribution >= 0.6 is 23.2 Å². The van der Waals surface area contributed by atoms with Gasteiger partial charge in [0.15, 0.2) is 0 Å². The van der Waals surface area contributed by atoms with Gasteiger partial charge >= 0.3 is 0 Å². The van der Waals surface area contributed by atoms with Crippen molar-refractivity contribution < 1.29 is 4.39 Å². The van der Waals surface area contributed by atoms with Crippen LogP contribution in [0.2, 0.25) is 10.0 Å². The summed E-state index contributed by atoms with van der Waals surface area (Å²) in [5.41, 5.74) is 4.61. The SMILES string of the molecule is Cc1ccccc1CN1CCCN(Cc2ccc(F)cc2Cl)[C@H]1c1ccccc1Cl. The predicted octanol–water partition coefficient (Wildman–Crippen LogP) is 6.85. The average Bonchev–Trinajstić information content (AvgIpc) is 2.73. The van der Waals surface area contributed by atoms with Crippen molar-refractivity contribution in [2.24, 2.45) is 0 Å². The van der Waals surface area contributed by atoms with E-state index in [1.165, 1.54) is 23.3 Å².